The van der Waals surface area contributed by atoms with Crippen LogP contribution in [0.1, 0.15) is 10.4 Å². The number of aromatic hydroxyl groups is 1. The van der Waals surface area contributed by atoms with E-state index in [1.807, 2.05) is 0 Å². The molecule has 0 atom stereocenters. The molecule has 2 rings (SSSR count). The van der Waals surface area contributed by atoms with Gasteiger partial charge in [-0.2, -0.15) is 0 Å². The van der Waals surface area contributed by atoms with E-state index in [-0.39, 0.29) is 5.75 Å². The Kier molecular flexibility index (Phi) is 1.98. The number of carbonyl (C=O) groups excluding carboxylic acids is 1. The van der Waals surface area contributed by atoms with Crippen LogP contribution in [0.4, 0.5) is 0 Å². The molecular formula is C9H5ClO2S. The van der Waals surface area contributed by atoms with Gasteiger partial charge < -0.3 is 5.11 Å². The van der Waals surface area contributed by atoms with Crippen LogP contribution in [0.25, 0.3) is 10.1 Å². The molecule has 13 heavy (non-hydrogen) atoms. The summed E-state index contributed by atoms with van der Waals surface area (Å²) in [6.07, 6.45) is 0.627. The third-order valence-corrected chi connectivity index (χ3v) is 3.27. The summed E-state index contributed by atoms with van der Waals surface area (Å²) in [5, 5.41) is 12.7. The van der Waals surface area contributed by atoms with E-state index in [0.717, 1.165) is 5.39 Å². The van der Waals surface area contributed by atoms with Crippen molar-refractivity contribution in [3.05, 3.63) is 28.1 Å². The van der Waals surface area contributed by atoms with E-state index in [4.69, 9.17) is 11.6 Å². The van der Waals surface area contributed by atoms with Gasteiger partial charge in [0.1, 0.15) is 5.75 Å². The fourth-order valence-corrected chi connectivity index (χ4v) is 2.39. The van der Waals surface area contributed by atoms with Crippen LogP contribution < -0.4 is 0 Å². The standard InChI is InChI=1S/C9H5ClO2S/c10-7-4-13-9-6(7)2-1-5(3-11)8(9)12/h1-4,12H. The van der Waals surface area contributed by atoms with Crippen molar-refractivity contribution in [2.24, 2.45) is 0 Å². The van der Waals surface area contributed by atoms with Crippen molar-refractivity contribution in [3.8, 4) is 5.75 Å². The maximum absolute atomic E-state index is 10.5. The first kappa shape index (κ1) is 8.53. The van der Waals surface area contributed by atoms with Crippen LogP contribution in [0, 0.1) is 0 Å². The second-order valence-corrected chi connectivity index (χ2v) is 3.87. The SMILES string of the molecule is O=Cc1ccc2c(Cl)csc2c1O. The molecule has 0 aliphatic heterocycles. The van der Waals surface area contributed by atoms with E-state index in [2.05, 4.69) is 0 Å². The first-order valence-electron chi connectivity index (χ1n) is 3.58. The minimum Gasteiger partial charge on any atom is -0.506 e. The summed E-state index contributed by atoms with van der Waals surface area (Å²) < 4.78 is 0.662. The summed E-state index contributed by atoms with van der Waals surface area (Å²) in [5.74, 6) is 0.0180. The topological polar surface area (TPSA) is 37.3 Å². The van der Waals surface area contributed by atoms with Crippen LogP contribution in [0.15, 0.2) is 17.5 Å². The number of hydrogen-bond donors (Lipinski definition) is 1. The van der Waals surface area contributed by atoms with Gasteiger partial charge in [0.25, 0.3) is 0 Å². The van der Waals surface area contributed by atoms with Gasteiger partial charge in [-0.05, 0) is 6.07 Å². The highest BCUT2D eigenvalue weighted by atomic mass is 35.5. The van der Waals surface area contributed by atoms with E-state index in [1.54, 1.807) is 17.5 Å². The second kappa shape index (κ2) is 3.01. The van der Waals surface area contributed by atoms with E-state index in [1.165, 1.54) is 11.3 Å². The van der Waals surface area contributed by atoms with Gasteiger partial charge in [-0.15, -0.1) is 11.3 Å². The van der Waals surface area contributed by atoms with Gasteiger partial charge >= 0.3 is 0 Å². The normalized spacial score (nSPS) is 10.5. The summed E-state index contributed by atoms with van der Waals surface area (Å²) in [6, 6.07) is 3.29. The predicted octanol–water partition coefficient (Wildman–Crippen LogP) is 3.07. The molecule has 2 aromatic rings. The van der Waals surface area contributed by atoms with Gasteiger partial charge in [0.15, 0.2) is 6.29 Å². The number of rotatable bonds is 1. The summed E-state index contributed by atoms with van der Waals surface area (Å²) in [7, 11) is 0. The second-order valence-electron chi connectivity index (χ2n) is 2.58. The highest BCUT2D eigenvalue weighted by Gasteiger charge is 2.09. The smallest absolute Gasteiger partial charge is 0.153 e. The van der Waals surface area contributed by atoms with E-state index in [0.29, 0.717) is 21.6 Å². The van der Waals surface area contributed by atoms with Crippen molar-refractivity contribution in [3.63, 3.8) is 0 Å². The highest BCUT2D eigenvalue weighted by Crippen LogP contribution is 2.37. The quantitative estimate of drug-likeness (QED) is 0.738. The number of phenolic OH excluding ortho intramolecular Hbond substituents is 1. The molecule has 1 N–H and O–H groups in total. The minimum absolute atomic E-state index is 0.0180. The summed E-state index contributed by atoms with van der Waals surface area (Å²) in [6.45, 7) is 0. The molecule has 0 aliphatic carbocycles. The number of halogens is 1. The Bertz CT molecular complexity index is 476. The number of fused-ring (bicyclic) bond motifs is 1. The molecule has 0 aliphatic rings. The largest absolute Gasteiger partial charge is 0.506 e. The van der Waals surface area contributed by atoms with E-state index < -0.39 is 0 Å². The zero-order valence-electron chi connectivity index (χ0n) is 6.45. The molecule has 0 unspecified atom stereocenters. The van der Waals surface area contributed by atoms with Gasteiger partial charge in [0.2, 0.25) is 0 Å². The van der Waals surface area contributed by atoms with Gasteiger partial charge in [0, 0.05) is 10.8 Å². The van der Waals surface area contributed by atoms with Crippen LogP contribution in [-0.2, 0) is 0 Å². The van der Waals surface area contributed by atoms with Crippen molar-refractivity contribution >= 4 is 39.3 Å². The van der Waals surface area contributed by atoms with E-state index in [9.17, 15) is 9.90 Å². The van der Waals surface area contributed by atoms with Crippen LogP contribution in [0.5, 0.6) is 5.75 Å². The molecule has 1 aromatic carbocycles. The molecule has 0 fully saturated rings. The summed E-state index contributed by atoms with van der Waals surface area (Å²) in [5.41, 5.74) is 0.297. The minimum atomic E-state index is 0.0180. The maximum Gasteiger partial charge on any atom is 0.153 e. The Morgan fingerprint density at radius 2 is 2.23 bits per heavy atom. The molecule has 0 saturated heterocycles. The van der Waals surface area contributed by atoms with Crippen molar-refractivity contribution < 1.29 is 9.90 Å². The van der Waals surface area contributed by atoms with Gasteiger partial charge in [0.05, 0.1) is 15.3 Å². The Hall–Kier alpha value is -1.06. The number of thiophene rings is 1. The lowest BCUT2D eigenvalue weighted by Gasteiger charge is -1.97. The van der Waals surface area contributed by atoms with Crippen LogP contribution in [0.2, 0.25) is 5.02 Å². The number of aldehydes is 1. The molecule has 0 spiro atoms. The Balaban J connectivity index is 2.87. The van der Waals surface area contributed by atoms with Crippen LogP contribution in [-0.4, -0.2) is 11.4 Å². The summed E-state index contributed by atoms with van der Waals surface area (Å²) >= 11 is 7.18. The Morgan fingerprint density at radius 1 is 1.46 bits per heavy atom. The molecule has 1 heterocycles. The number of hydrogen-bond acceptors (Lipinski definition) is 3. The van der Waals surface area contributed by atoms with Gasteiger partial charge in [-0.25, -0.2) is 0 Å². The molecular weight excluding hydrogens is 208 g/mol. The number of benzene rings is 1. The average Bonchev–Trinajstić information content (AvgIpc) is 2.50. The summed E-state index contributed by atoms with van der Waals surface area (Å²) in [4.78, 5) is 10.5. The molecule has 0 bridgehead atoms. The maximum atomic E-state index is 10.5. The average molecular weight is 213 g/mol. The van der Waals surface area contributed by atoms with Crippen molar-refractivity contribution in [1.29, 1.82) is 0 Å². The molecule has 0 amide bonds. The third kappa shape index (κ3) is 1.20. The highest BCUT2D eigenvalue weighted by molar-refractivity contribution is 7.18. The molecule has 0 radical (unpaired) electrons. The molecule has 66 valence electrons. The van der Waals surface area contributed by atoms with E-state index >= 15 is 0 Å². The van der Waals surface area contributed by atoms with Gasteiger partial charge in [-0.1, -0.05) is 17.7 Å². The first-order chi connectivity index (χ1) is 6.24. The number of carbonyl (C=O) groups is 1. The lowest BCUT2D eigenvalue weighted by molar-refractivity contribution is 0.112. The van der Waals surface area contributed by atoms with Gasteiger partial charge in [-0.3, -0.25) is 4.79 Å². The zero-order chi connectivity index (χ0) is 9.42. The monoisotopic (exact) mass is 212 g/mol. The fourth-order valence-electron chi connectivity index (χ4n) is 1.16. The Morgan fingerprint density at radius 3 is 2.92 bits per heavy atom. The third-order valence-electron chi connectivity index (χ3n) is 1.83. The lowest BCUT2D eigenvalue weighted by atomic mass is 10.2. The van der Waals surface area contributed by atoms with Crippen LogP contribution in [0.3, 0.4) is 0 Å². The number of phenols is 1. The van der Waals surface area contributed by atoms with Crippen molar-refractivity contribution in [2.45, 2.75) is 0 Å². The molecule has 0 saturated carbocycles. The lowest BCUT2D eigenvalue weighted by Crippen LogP contribution is -1.79. The van der Waals surface area contributed by atoms with Crippen molar-refractivity contribution in [1.82, 2.24) is 0 Å². The Labute approximate surface area is 83.4 Å². The van der Waals surface area contributed by atoms with Crippen molar-refractivity contribution in [2.75, 3.05) is 0 Å². The molecule has 1 aromatic heterocycles. The molecule has 2 nitrogen and oxygen atoms in total. The predicted molar refractivity (Wildman–Crippen MR) is 53.9 cm³/mol. The first-order valence-corrected chi connectivity index (χ1v) is 4.83. The fraction of sp³-hybridized carbons (Fsp3) is 0. The van der Waals surface area contributed by atoms with Crippen LogP contribution >= 0.6 is 22.9 Å². The zero-order valence-corrected chi connectivity index (χ0v) is 8.02. The molecule has 4 heteroatoms.